The van der Waals surface area contributed by atoms with Gasteiger partial charge in [0.1, 0.15) is 0 Å². The number of fused-ring (bicyclic) bond motifs is 1. The van der Waals surface area contributed by atoms with Crippen molar-refractivity contribution >= 4 is 22.9 Å². The topological polar surface area (TPSA) is 19.0 Å². The van der Waals surface area contributed by atoms with Gasteiger partial charge in [-0.2, -0.15) is 0 Å². The van der Waals surface area contributed by atoms with Crippen LogP contribution in [0.2, 0.25) is 0 Å². The highest BCUT2D eigenvalue weighted by molar-refractivity contribution is 7.97. The second-order valence-electron chi connectivity index (χ2n) is 7.78. The van der Waals surface area contributed by atoms with E-state index >= 15 is 0 Å². The Labute approximate surface area is 171 Å². The highest BCUT2D eigenvalue weighted by atomic mass is 32.2. The number of nitrogens with zero attached hydrogens (tertiary/aromatic N) is 1. The number of hydrogen-bond acceptors (Lipinski definition) is 2. The maximum absolute atomic E-state index is 3.58. The molecule has 0 aliphatic heterocycles. The molecule has 27 heavy (non-hydrogen) atoms. The summed E-state index contributed by atoms with van der Waals surface area (Å²) < 4.78 is 2.60. The largest absolute Gasteiger partial charge is 0.349 e. The highest BCUT2D eigenvalue weighted by Gasteiger charge is 2.09. The van der Waals surface area contributed by atoms with Crippen molar-refractivity contribution < 1.29 is 0 Å². The van der Waals surface area contributed by atoms with Crippen LogP contribution < -0.4 is 0 Å². The van der Waals surface area contributed by atoms with Gasteiger partial charge in [0, 0.05) is 24.0 Å². The van der Waals surface area contributed by atoms with Crippen LogP contribution in [0.15, 0.2) is 35.4 Å². The Balaban J connectivity index is 1.78. The van der Waals surface area contributed by atoms with Gasteiger partial charge in [-0.1, -0.05) is 96.3 Å². The number of aromatic amines is 1. The Morgan fingerprint density at radius 2 is 1.30 bits per heavy atom. The fourth-order valence-electron chi connectivity index (χ4n) is 3.58. The van der Waals surface area contributed by atoms with Crippen molar-refractivity contribution in [2.24, 2.45) is 0 Å². The smallest absolute Gasteiger partial charge is 0.0887 e. The van der Waals surface area contributed by atoms with Crippen LogP contribution in [-0.4, -0.2) is 22.4 Å². The predicted molar refractivity (Wildman–Crippen MR) is 122 cm³/mol. The first-order valence-electron chi connectivity index (χ1n) is 11.3. The van der Waals surface area contributed by atoms with Crippen molar-refractivity contribution in [1.82, 2.24) is 9.29 Å². The van der Waals surface area contributed by atoms with E-state index in [-0.39, 0.29) is 0 Å². The first-order valence-corrected chi connectivity index (χ1v) is 12.1. The third-order valence-corrected chi connectivity index (χ3v) is 6.29. The van der Waals surface area contributed by atoms with Crippen LogP contribution in [0, 0.1) is 0 Å². The molecule has 1 aromatic carbocycles. The van der Waals surface area contributed by atoms with Gasteiger partial charge >= 0.3 is 0 Å². The Morgan fingerprint density at radius 1 is 0.741 bits per heavy atom. The summed E-state index contributed by atoms with van der Waals surface area (Å²) in [5.41, 5.74) is 1.25. The minimum absolute atomic E-state index is 1.21. The molecule has 2 nitrogen and oxygen atoms in total. The van der Waals surface area contributed by atoms with Crippen LogP contribution in [0.5, 0.6) is 0 Å². The fourth-order valence-corrected chi connectivity index (χ4v) is 4.63. The lowest BCUT2D eigenvalue weighted by Crippen LogP contribution is -2.18. The van der Waals surface area contributed by atoms with E-state index in [4.69, 9.17) is 0 Å². The minimum atomic E-state index is 1.21. The van der Waals surface area contributed by atoms with Gasteiger partial charge in [0.05, 0.1) is 5.03 Å². The van der Waals surface area contributed by atoms with Gasteiger partial charge < -0.3 is 4.98 Å². The lowest BCUT2D eigenvalue weighted by molar-refractivity contribution is 0.424. The number of H-pyrrole nitrogens is 1. The maximum Gasteiger partial charge on any atom is 0.0887 e. The average Bonchev–Trinajstić information content (AvgIpc) is 3.09. The van der Waals surface area contributed by atoms with Gasteiger partial charge in [0.15, 0.2) is 0 Å². The monoisotopic (exact) mass is 388 g/mol. The number of nitrogens with one attached hydrogen (secondary N) is 1. The van der Waals surface area contributed by atoms with Crippen LogP contribution in [-0.2, 0) is 0 Å². The molecule has 152 valence electrons. The molecule has 2 rings (SSSR count). The zero-order valence-corrected chi connectivity index (χ0v) is 18.5. The Kier molecular flexibility index (Phi) is 11.7. The molecule has 0 spiro atoms. The molecule has 0 amide bonds. The number of aromatic nitrogens is 1. The third kappa shape index (κ3) is 9.21. The minimum Gasteiger partial charge on any atom is -0.349 e. The summed E-state index contributed by atoms with van der Waals surface area (Å²) in [5.74, 6) is 0. The van der Waals surface area contributed by atoms with Crippen molar-refractivity contribution in [2.75, 3.05) is 13.1 Å². The summed E-state index contributed by atoms with van der Waals surface area (Å²) in [4.78, 5) is 3.58. The molecule has 0 aliphatic rings. The zero-order chi connectivity index (χ0) is 19.2. The van der Waals surface area contributed by atoms with Crippen molar-refractivity contribution in [1.29, 1.82) is 0 Å². The standard InChI is InChI=1S/C24H40N2S/c1-3-5-7-9-11-15-19-26(20-16-12-10-8-6-4-2)27-24-21-22-17-13-14-18-23(22)25-24/h13-14,17-18,21,25H,3-12,15-16,19-20H2,1-2H3. The Hall–Kier alpha value is -0.930. The van der Waals surface area contributed by atoms with E-state index in [9.17, 15) is 0 Å². The van der Waals surface area contributed by atoms with Gasteiger partial charge in [0.2, 0.25) is 0 Å². The molecule has 0 fully saturated rings. The van der Waals surface area contributed by atoms with Crippen molar-refractivity contribution in [2.45, 2.75) is 95.9 Å². The number of rotatable bonds is 16. The molecule has 1 N–H and O–H groups in total. The summed E-state index contributed by atoms with van der Waals surface area (Å²) in [6.07, 6.45) is 16.5. The van der Waals surface area contributed by atoms with E-state index in [0.29, 0.717) is 0 Å². The van der Waals surface area contributed by atoms with Crippen LogP contribution in [0.25, 0.3) is 10.9 Å². The summed E-state index contributed by atoms with van der Waals surface area (Å²) >= 11 is 1.93. The van der Waals surface area contributed by atoms with Gasteiger partial charge in [-0.05, 0) is 36.9 Å². The molecule has 0 unspecified atom stereocenters. The quantitative estimate of drug-likeness (QED) is 0.231. The predicted octanol–water partition coefficient (Wildman–Crippen LogP) is 8.20. The van der Waals surface area contributed by atoms with Gasteiger partial charge in [-0.3, -0.25) is 0 Å². The Bertz CT molecular complexity index is 558. The normalized spacial score (nSPS) is 11.7. The summed E-state index contributed by atoms with van der Waals surface area (Å²) in [6.45, 7) is 7.00. The molecular weight excluding hydrogens is 348 g/mol. The molecule has 1 heterocycles. The summed E-state index contributed by atoms with van der Waals surface area (Å²) in [7, 11) is 0. The second kappa shape index (κ2) is 14.1. The number of benzene rings is 1. The molecule has 0 radical (unpaired) electrons. The van der Waals surface area contributed by atoms with Gasteiger partial charge in [0.25, 0.3) is 0 Å². The zero-order valence-electron chi connectivity index (χ0n) is 17.6. The molecule has 0 saturated heterocycles. The van der Waals surface area contributed by atoms with Crippen LogP contribution >= 0.6 is 11.9 Å². The molecular formula is C24H40N2S. The van der Waals surface area contributed by atoms with Crippen molar-refractivity contribution in [3.05, 3.63) is 30.3 Å². The van der Waals surface area contributed by atoms with Gasteiger partial charge in [-0.15, -0.1) is 0 Å². The second-order valence-corrected chi connectivity index (χ2v) is 8.92. The SMILES string of the molecule is CCCCCCCCN(CCCCCCCC)Sc1cc2ccccc2[nH]1. The van der Waals surface area contributed by atoms with E-state index < -0.39 is 0 Å². The van der Waals surface area contributed by atoms with Crippen molar-refractivity contribution in [3.8, 4) is 0 Å². The van der Waals surface area contributed by atoms with Crippen molar-refractivity contribution in [3.63, 3.8) is 0 Å². The molecule has 0 aliphatic carbocycles. The van der Waals surface area contributed by atoms with E-state index in [1.54, 1.807) is 0 Å². The Morgan fingerprint density at radius 3 is 1.89 bits per heavy atom. The highest BCUT2D eigenvalue weighted by Crippen LogP contribution is 2.27. The molecule has 2 aromatic rings. The summed E-state index contributed by atoms with van der Waals surface area (Å²) in [5, 5.41) is 2.60. The maximum atomic E-state index is 3.58. The van der Waals surface area contributed by atoms with Crippen LogP contribution in [0.3, 0.4) is 0 Å². The number of hydrogen-bond donors (Lipinski definition) is 1. The fraction of sp³-hybridized carbons (Fsp3) is 0.667. The molecule has 0 saturated carbocycles. The van der Waals surface area contributed by atoms with E-state index in [0.717, 1.165) is 0 Å². The van der Waals surface area contributed by atoms with E-state index in [1.165, 1.54) is 106 Å². The van der Waals surface area contributed by atoms with E-state index in [1.807, 2.05) is 11.9 Å². The lowest BCUT2D eigenvalue weighted by atomic mass is 10.1. The first-order chi connectivity index (χ1) is 13.3. The first kappa shape index (κ1) is 22.4. The van der Waals surface area contributed by atoms with Crippen LogP contribution in [0.4, 0.5) is 0 Å². The van der Waals surface area contributed by atoms with Gasteiger partial charge in [-0.25, -0.2) is 4.31 Å². The molecule has 3 heteroatoms. The number of para-hydroxylation sites is 1. The summed E-state index contributed by atoms with van der Waals surface area (Å²) in [6, 6.07) is 10.9. The average molecular weight is 389 g/mol. The van der Waals surface area contributed by atoms with E-state index in [2.05, 4.69) is 53.5 Å². The molecule has 0 atom stereocenters. The lowest BCUT2D eigenvalue weighted by Gasteiger charge is -2.20. The molecule has 0 bridgehead atoms. The molecule has 1 aromatic heterocycles. The van der Waals surface area contributed by atoms with Crippen LogP contribution in [0.1, 0.15) is 90.9 Å². The number of unbranched alkanes of at least 4 members (excludes halogenated alkanes) is 10. The third-order valence-electron chi connectivity index (χ3n) is 5.25.